The molecule has 1 aromatic carbocycles. The van der Waals surface area contributed by atoms with Gasteiger partial charge in [-0.15, -0.1) is 0 Å². The molecule has 0 amide bonds. The molecule has 4 nitrogen and oxygen atoms in total. The molecule has 2 atom stereocenters. The molecular formula is C12H18N2O2. The quantitative estimate of drug-likeness (QED) is 0.615. The van der Waals surface area contributed by atoms with Crippen LogP contribution in [0.15, 0.2) is 24.3 Å². The maximum Gasteiger partial charge on any atom is 0.269 e. The molecule has 0 aliphatic carbocycles. The second-order valence-corrected chi connectivity index (χ2v) is 4.05. The molecule has 0 aliphatic heterocycles. The van der Waals surface area contributed by atoms with E-state index in [4.69, 9.17) is 0 Å². The molecule has 0 bridgehead atoms. The van der Waals surface area contributed by atoms with Crippen LogP contribution in [0.25, 0.3) is 0 Å². The van der Waals surface area contributed by atoms with Crippen molar-refractivity contribution in [1.82, 2.24) is 5.32 Å². The second kappa shape index (κ2) is 5.61. The number of rotatable bonds is 5. The molecule has 4 heteroatoms. The second-order valence-electron chi connectivity index (χ2n) is 4.05. The standard InChI is InChI=1S/C12H18N2O2/c1-4-9(2)13-10(3)11-6-5-7-12(8-11)14(15)16/h5-10,13H,4H2,1-3H3. The van der Waals surface area contributed by atoms with E-state index in [1.807, 2.05) is 13.0 Å². The Hall–Kier alpha value is -1.42. The van der Waals surface area contributed by atoms with Gasteiger partial charge < -0.3 is 5.32 Å². The van der Waals surface area contributed by atoms with E-state index in [1.165, 1.54) is 6.07 Å². The lowest BCUT2D eigenvalue weighted by Gasteiger charge is -2.18. The van der Waals surface area contributed by atoms with Crippen LogP contribution < -0.4 is 5.32 Å². The molecule has 88 valence electrons. The number of benzene rings is 1. The Morgan fingerprint density at radius 3 is 2.69 bits per heavy atom. The molecule has 0 saturated heterocycles. The lowest BCUT2D eigenvalue weighted by molar-refractivity contribution is -0.384. The highest BCUT2D eigenvalue weighted by molar-refractivity contribution is 5.35. The van der Waals surface area contributed by atoms with Crippen LogP contribution in [0.4, 0.5) is 5.69 Å². The van der Waals surface area contributed by atoms with E-state index in [0.29, 0.717) is 6.04 Å². The molecule has 0 radical (unpaired) electrons. The molecule has 0 heterocycles. The Morgan fingerprint density at radius 1 is 1.44 bits per heavy atom. The van der Waals surface area contributed by atoms with Crippen LogP contribution in [0, 0.1) is 10.1 Å². The molecule has 16 heavy (non-hydrogen) atoms. The summed E-state index contributed by atoms with van der Waals surface area (Å²) >= 11 is 0. The number of non-ortho nitro benzene ring substituents is 1. The molecule has 2 unspecified atom stereocenters. The third-order valence-electron chi connectivity index (χ3n) is 2.73. The van der Waals surface area contributed by atoms with Gasteiger partial charge in [0.2, 0.25) is 0 Å². The summed E-state index contributed by atoms with van der Waals surface area (Å²) in [5, 5.41) is 14.0. The third-order valence-corrected chi connectivity index (χ3v) is 2.73. The van der Waals surface area contributed by atoms with Crippen molar-refractivity contribution in [1.29, 1.82) is 0 Å². The highest BCUT2D eigenvalue weighted by Crippen LogP contribution is 2.19. The van der Waals surface area contributed by atoms with Gasteiger partial charge in [0.05, 0.1) is 4.92 Å². The van der Waals surface area contributed by atoms with E-state index in [1.54, 1.807) is 12.1 Å². The van der Waals surface area contributed by atoms with Crippen molar-refractivity contribution in [3.63, 3.8) is 0 Å². The van der Waals surface area contributed by atoms with Crippen LogP contribution in [0.5, 0.6) is 0 Å². The van der Waals surface area contributed by atoms with Crippen molar-refractivity contribution in [2.75, 3.05) is 0 Å². The van der Waals surface area contributed by atoms with Crippen molar-refractivity contribution in [3.8, 4) is 0 Å². The number of hydrogen-bond donors (Lipinski definition) is 1. The first-order chi connectivity index (χ1) is 7.54. The lowest BCUT2D eigenvalue weighted by Crippen LogP contribution is -2.28. The minimum atomic E-state index is -0.362. The predicted molar refractivity (Wildman–Crippen MR) is 64.4 cm³/mol. The van der Waals surface area contributed by atoms with Gasteiger partial charge in [0.1, 0.15) is 0 Å². The number of nitro benzene ring substituents is 1. The van der Waals surface area contributed by atoms with Crippen molar-refractivity contribution in [2.45, 2.75) is 39.3 Å². The molecular weight excluding hydrogens is 204 g/mol. The van der Waals surface area contributed by atoms with Gasteiger partial charge in [-0.1, -0.05) is 19.1 Å². The summed E-state index contributed by atoms with van der Waals surface area (Å²) in [5.74, 6) is 0. The summed E-state index contributed by atoms with van der Waals surface area (Å²) in [7, 11) is 0. The minimum Gasteiger partial charge on any atom is -0.308 e. The fourth-order valence-electron chi connectivity index (χ4n) is 1.55. The Balaban J connectivity index is 2.79. The molecule has 1 N–H and O–H groups in total. The molecule has 0 fully saturated rings. The zero-order valence-electron chi connectivity index (χ0n) is 9.93. The van der Waals surface area contributed by atoms with E-state index < -0.39 is 0 Å². The number of nitro groups is 1. The van der Waals surface area contributed by atoms with E-state index in [9.17, 15) is 10.1 Å². The maximum absolute atomic E-state index is 10.6. The summed E-state index contributed by atoms with van der Waals surface area (Å²) in [6.07, 6.45) is 1.04. The Bertz CT molecular complexity index is 366. The number of nitrogens with zero attached hydrogens (tertiary/aromatic N) is 1. The highest BCUT2D eigenvalue weighted by atomic mass is 16.6. The fourth-order valence-corrected chi connectivity index (χ4v) is 1.55. The topological polar surface area (TPSA) is 55.2 Å². The fraction of sp³-hybridized carbons (Fsp3) is 0.500. The van der Waals surface area contributed by atoms with Crippen LogP contribution in [0.3, 0.4) is 0 Å². The largest absolute Gasteiger partial charge is 0.308 e. The van der Waals surface area contributed by atoms with E-state index in [0.717, 1.165) is 12.0 Å². The summed E-state index contributed by atoms with van der Waals surface area (Å²) in [5.41, 5.74) is 1.10. The van der Waals surface area contributed by atoms with Crippen molar-refractivity contribution in [2.24, 2.45) is 0 Å². The molecule has 0 aromatic heterocycles. The van der Waals surface area contributed by atoms with Crippen LogP contribution in [0.2, 0.25) is 0 Å². The Labute approximate surface area is 95.8 Å². The molecule has 0 saturated carbocycles. The Morgan fingerprint density at radius 2 is 2.12 bits per heavy atom. The Kier molecular flexibility index (Phi) is 4.43. The van der Waals surface area contributed by atoms with Crippen LogP contribution in [-0.4, -0.2) is 11.0 Å². The maximum atomic E-state index is 10.6. The first kappa shape index (κ1) is 12.6. The molecule has 1 rings (SSSR count). The predicted octanol–water partition coefficient (Wildman–Crippen LogP) is 3.04. The van der Waals surface area contributed by atoms with Gasteiger partial charge in [-0.2, -0.15) is 0 Å². The van der Waals surface area contributed by atoms with Crippen LogP contribution in [-0.2, 0) is 0 Å². The van der Waals surface area contributed by atoms with Gasteiger partial charge in [0.15, 0.2) is 0 Å². The summed E-state index contributed by atoms with van der Waals surface area (Å²) in [4.78, 5) is 10.3. The van der Waals surface area contributed by atoms with Gasteiger partial charge >= 0.3 is 0 Å². The van der Waals surface area contributed by atoms with Gasteiger partial charge in [-0.3, -0.25) is 10.1 Å². The van der Waals surface area contributed by atoms with Crippen LogP contribution in [0.1, 0.15) is 38.8 Å². The summed E-state index contributed by atoms with van der Waals surface area (Å²) < 4.78 is 0. The lowest BCUT2D eigenvalue weighted by atomic mass is 10.1. The average Bonchev–Trinajstić information content (AvgIpc) is 2.28. The van der Waals surface area contributed by atoms with Gasteiger partial charge in [-0.05, 0) is 25.8 Å². The first-order valence-corrected chi connectivity index (χ1v) is 5.55. The summed E-state index contributed by atoms with van der Waals surface area (Å²) in [6, 6.07) is 7.32. The van der Waals surface area contributed by atoms with Crippen molar-refractivity contribution < 1.29 is 4.92 Å². The zero-order chi connectivity index (χ0) is 12.1. The SMILES string of the molecule is CCC(C)NC(C)c1cccc([N+](=O)[O-])c1. The molecule has 0 spiro atoms. The minimum absolute atomic E-state index is 0.134. The van der Waals surface area contributed by atoms with Gasteiger partial charge in [0.25, 0.3) is 5.69 Å². The average molecular weight is 222 g/mol. The zero-order valence-corrected chi connectivity index (χ0v) is 9.93. The number of nitrogens with one attached hydrogen (secondary N) is 1. The van der Waals surface area contributed by atoms with E-state index >= 15 is 0 Å². The molecule has 1 aromatic rings. The highest BCUT2D eigenvalue weighted by Gasteiger charge is 2.11. The monoisotopic (exact) mass is 222 g/mol. The van der Waals surface area contributed by atoms with Crippen LogP contribution >= 0.6 is 0 Å². The summed E-state index contributed by atoms with van der Waals surface area (Å²) in [6.45, 7) is 6.23. The third kappa shape index (κ3) is 3.31. The number of hydrogen-bond acceptors (Lipinski definition) is 3. The normalized spacial score (nSPS) is 14.4. The van der Waals surface area contributed by atoms with Crippen molar-refractivity contribution in [3.05, 3.63) is 39.9 Å². The van der Waals surface area contributed by atoms with Gasteiger partial charge in [0, 0.05) is 24.2 Å². The van der Waals surface area contributed by atoms with Gasteiger partial charge in [-0.25, -0.2) is 0 Å². The smallest absolute Gasteiger partial charge is 0.269 e. The van der Waals surface area contributed by atoms with Crippen molar-refractivity contribution >= 4 is 5.69 Å². The first-order valence-electron chi connectivity index (χ1n) is 5.55. The van der Waals surface area contributed by atoms with E-state index in [2.05, 4.69) is 19.2 Å². The molecule has 0 aliphatic rings. The van der Waals surface area contributed by atoms with E-state index in [-0.39, 0.29) is 16.7 Å².